The third kappa shape index (κ3) is 3.36. The van der Waals surface area contributed by atoms with E-state index in [9.17, 15) is 9.59 Å². The Labute approximate surface area is 123 Å². The Morgan fingerprint density at radius 3 is 3.10 bits per heavy atom. The first-order valence-electron chi connectivity index (χ1n) is 7.64. The van der Waals surface area contributed by atoms with Crippen LogP contribution in [0.15, 0.2) is 0 Å². The van der Waals surface area contributed by atoms with Gasteiger partial charge in [-0.15, -0.1) is 0 Å². The quantitative estimate of drug-likeness (QED) is 0.571. The number of likely N-dealkylation sites (tertiary alicyclic amines) is 1. The van der Waals surface area contributed by atoms with Crippen LogP contribution in [-0.4, -0.2) is 61.3 Å². The molecule has 3 rings (SSSR count). The minimum Gasteiger partial charge on any atom is -0.378 e. The Hall–Kier alpha value is -1.18. The van der Waals surface area contributed by atoms with Gasteiger partial charge in [0.25, 0.3) is 5.91 Å². The van der Waals surface area contributed by atoms with Crippen molar-refractivity contribution in [3.63, 3.8) is 0 Å². The Morgan fingerprint density at radius 2 is 2.38 bits per heavy atom. The van der Waals surface area contributed by atoms with Gasteiger partial charge in [0.05, 0.1) is 18.8 Å². The van der Waals surface area contributed by atoms with Crippen LogP contribution < -0.4 is 5.48 Å². The van der Waals surface area contributed by atoms with Gasteiger partial charge in [-0.25, -0.2) is 5.48 Å². The first-order chi connectivity index (χ1) is 10.2. The van der Waals surface area contributed by atoms with Gasteiger partial charge < -0.3 is 14.4 Å². The van der Waals surface area contributed by atoms with Crippen LogP contribution in [0.3, 0.4) is 0 Å². The van der Waals surface area contributed by atoms with E-state index in [0.29, 0.717) is 39.2 Å². The van der Waals surface area contributed by atoms with Crippen molar-refractivity contribution in [3.05, 3.63) is 0 Å². The summed E-state index contributed by atoms with van der Waals surface area (Å²) in [6.07, 6.45) is 3.48. The van der Waals surface area contributed by atoms with Gasteiger partial charge >= 0.3 is 0 Å². The average Bonchev–Trinajstić information content (AvgIpc) is 3.19. The van der Waals surface area contributed by atoms with Gasteiger partial charge in [-0.05, 0) is 19.3 Å². The van der Waals surface area contributed by atoms with E-state index < -0.39 is 6.10 Å². The van der Waals surface area contributed by atoms with E-state index in [2.05, 4.69) is 5.48 Å². The summed E-state index contributed by atoms with van der Waals surface area (Å²) in [6.45, 7) is 2.88. The minimum absolute atomic E-state index is 0.159. The van der Waals surface area contributed by atoms with Gasteiger partial charge in [0.2, 0.25) is 5.91 Å². The zero-order chi connectivity index (χ0) is 14.7. The normalized spacial score (nSPS) is 32.3. The largest absolute Gasteiger partial charge is 0.378 e. The maximum atomic E-state index is 12.0. The number of hydroxylamine groups is 1. The topological polar surface area (TPSA) is 77.1 Å². The Kier molecular flexibility index (Phi) is 4.42. The number of carbonyl (C=O) groups excluding carboxylic acids is 2. The van der Waals surface area contributed by atoms with Crippen LogP contribution in [0.5, 0.6) is 0 Å². The van der Waals surface area contributed by atoms with E-state index in [-0.39, 0.29) is 17.4 Å². The number of amides is 2. The molecule has 0 saturated carbocycles. The van der Waals surface area contributed by atoms with Crippen LogP contribution in [-0.2, 0) is 23.9 Å². The molecule has 0 bridgehead atoms. The van der Waals surface area contributed by atoms with Gasteiger partial charge in [0.15, 0.2) is 0 Å². The maximum absolute atomic E-state index is 12.0. The summed E-state index contributed by atoms with van der Waals surface area (Å²) in [5.41, 5.74) is 2.17. The zero-order valence-electron chi connectivity index (χ0n) is 12.1. The number of hydrogen-bond donors (Lipinski definition) is 1. The van der Waals surface area contributed by atoms with Gasteiger partial charge in [0.1, 0.15) is 6.10 Å². The van der Waals surface area contributed by atoms with Crippen LogP contribution >= 0.6 is 0 Å². The van der Waals surface area contributed by atoms with E-state index in [0.717, 1.165) is 25.8 Å². The Bertz CT molecular complexity index is 408. The van der Waals surface area contributed by atoms with Gasteiger partial charge in [0, 0.05) is 32.5 Å². The molecule has 3 aliphatic heterocycles. The zero-order valence-corrected chi connectivity index (χ0v) is 12.1. The molecule has 7 nitrogen and oxygen atoms in total. The molecule has 0 aromatic rings. The first-order valence-corrected chi connectivity index (χ1v) is 7.64. The molecule has 0 aromatic carbocycles. The molecule has 3 aliphatic rings. The Balaban J connectivity index is 1.34. The van der Waals surface area contributed by atoms with Crippen molar-refractivity contribution in [3.8, 4) is 0 Å². The number of rotatable bonds is 5. The molecule has 2 amide bonds. The highest BCUT2D eigenvalue weighted by Crippen LogP contribution is 2.36. The van der Waals surface area contributed by atoms with Gasteiger partial charge in [-0.1, -0.05) is 0 Å². The second kappa shape index (κ2) is 6.29. The summed E-state index contributed by atoms with van der Waals surface area (Å²) in [5.74, 6) is -0.0845. The summed E-state index contributed by atoms with van der Waals surface area (Å²) in [6, 6.07) is 0. The maximum Gasteiger partial charge on any atom is 0.272 e. The highest BCUT2D eigenvalue weighted by atomic mass is 16.7. The number of nitrogens with zero attached hydrogens (tertiary/aromatic N) is 1. The molecule has 7 heteroatoms. The van der Waals surface area contributed by atoms with Crippen LogP contribution in [0.1, 0.15) is 32.1 Å². The molecular formula is C14H22N2O5. The average molecular weight is 298 g/mol. The lowest BCUT2D eigenvalue weighted by atomic mass is 9.99. The number of carbonyl (C=O) groups is 2. The Morgan fingerprint density at radius 1 is 1.48 bits per heavy atom. The molecule has 1 N–H and O–H groups in total. The fraction of sp³-hybridized carbons (Fsp3) is 0.857. The van der Waals surface area contributed by atoms with Crippen LogP contribution in [0.25, 0.3) is 0 Å². The van der Waals surface area contributed by atoms with E-state index >= 15 is 0 Å². The summed E-state index contributed by atoms with van der Waals surface area (Å²) >= 11 is 0. The fourth-order valence-electron chi connectivity index (χ4n) is 3.16. The van der Waals surface area contributed by atoms with E-state index in [1.54, 1.807) is 4.90 Å². The standard InChI is InChI=1S/C14H22N2O5/c17-12-2-1-6-16(12)7-9-20-15-13(18)11-3-4-14(21-11)5-8-19-10-14/h11H,1-10H2,(H,15,18). The van der Waals surface area contributed by atoms with Crippen LogP contribution in [0.4, 0.5) is 0 Å². The molecule has 3 saturated heterocycles. The third-order valence-electron chi connectivity index (χ3n) is 4.42. The minimum atomic E-state index is -0.458. The van der Waals surface area contributed by atoms with Crippen molar-refractivity contribution < 1.29 is 23.9 Å². The van der Waals surface area contributed by atoms with Crippen LogP contribution in [0, 0.1) is 0 Å². The molecule has 2 atom stereocenters. The summed E-state index contributed by atoms with van der Waals surface area (Å²) in [7, 11) is 0. The van der Waals surface area contributed by atoms with E-state index in [1.807, 2.05) is 0 Å². The molecule has 2 unspecified atom stereocenters. The number of ether oxygens (including phenoxy) is 2. The summed E-state index contributed by atoms with van der Waals surface area (Å²) in [5, 5.41) is 0. The van der Waals surface area contributed by atoms with Crippen molar-refractivity contribution in [1.82, 2.24) is 10.4 Å². The number of hydrogen-bond acceptors (Lipinski definition) is 5. The monoisotopic (exact) mass is 298 g/mol. The lowest BCUT2D eigenvalue weighted by Crippen LogP contribution is -2.39. The van der Waals surface area contributed by atoms with Gasteiger partial charge in [-0.3, -0.25) is 14.4 Å². The van der Waals surface area contributed by atoms with Crippen molar-refractivity contribution in [2.75, 3.05) is 32.9 Å². The summed E-state index contributed by atoms with van der Waals surface area (Å²) in [4.78, 5) is 30.3. The van der Waals surface area contributed by atoms with Crippen molar-refractivity contribution in [1.29, 1.82) is 0 Å². The molecule has 0 aliphatic carbocycles. The second-order valence-electron chi connectivity index (χ2n) is 5.93. The lowest BCUT2D eigenvalue weighted by molar-refractivity contribution is -0.150. The third-order valence-corrected chi connectivity index (χ3v) is 4.42. The second-order valence-corrected chi connectivity index (χ2v) is 5.93. The highest BCUT2D eigenvalue weighted by molar-refractivity contribution is 5.80. The van der Waals surface area contributed by atoms with Crippen molar-refractivity contribution >= 4 is 11.8 Å². The molecule has 118 valence electrons. The fourth-order valence-corrected chi connectivity index (χ4v) is 3.16. The number of nitrogens with one attached hydrogen (secondary N) is 1. The molecule has 1 spiro atoms. The lowest BCUT2D eigenvalue weighted by Gasteiger charge is -2.21. The molecular weight excluding hydrogens is 276 g/mol. The van der Waals surface area contributed by atoms with E-state index in [1.165, 1.54) is 0 Å². The molecule has 0 aromatic heterocycles. The smallest absolute Gasteiger partial charge is 0.272 e. The predicted octanol–water partition coefficient (Wildman–Crippen LogP) is -0.00530. The molecule has 3 fully saturated rings. The SMILES string of the molecule is O=C(NOCCN1CCCC1=O)C1CCC2(CCOC2)O1. The van der Waals surface area contributed by atoms with Crippen LogP contribution in [0.2, 0.25) is 0 Å². The van der Waals surface area contributed by atoms with E-state index in [4.69, 9.17) is 14.3 Å². The predicted molar refractivity (Wildman–Crippen MR) is 72.2 cm³/mol. The summed E-state index contributed by atoms with van der Waals surface area (Å²) < 4.78 is 11.2. The molecule has 3 heterocycles. The highest BCUT2D eigenvalue weighted by Gasteiger charge is 2.45. The van der Waals surface area contributed by atoms with Crippen molar-refractivity contribution in [2.45, 2.75) is 43.8 Å². The molecule has 0 radical (unpaired) electrons. The van der Waals surface area contributed by atoms with Gasteiger partial charge in [-0.2, -0.15) is 0 Å². The van der Waals surface area contributed by atoms with Crippen molar-refractivity contribution in [2.24, 2.45) is 0 Å². The molecule has 21 heavy (non-hydrogen) atoms. The first kappa shape index (κ1) is 14.7.